The topological polar surface area (TPSA) is 80.4 Å². The average molecular weight is 258 g/mol. The maximum Gasteiger partial charge on any atom is 0.306 e. The summed E-state index contributed by atoms with van der Waals surface area (Å²) in [5.74, 6) is -1.44. The number of carboxylic acids is 1. The minimum absolute atomic E-state index is 0.0213. The highest BCUT2D eigenvalue weighted by molar-refractivity contribution is 6.30. The third kappa shape index (κ3) is 3.71. The molecule has 92 valence electrons. The lowest BCUT2D eigenvalue weighted by Crippen LogP contribution is -2.10. The monoisotopic (exact) mass is 257 g/mol. The van der Waals surface area contributed by atoms with Gasteiger partial charge in [-0.1, -0.05) is 18.5 Å². The van der Waals surface area contributed by atoms with Crippen LogP contribution in [-0.2, 0) is 11.2 Å². The first kappa shape index (κ1) is 13.4. The van der Waals surface area contributed by atoms with E-state index >= 15 is 0 Å². The molecular weight excluding hydrogens is 246 g/mol. The minimum Gasteiger partial charge on any atom is -0.481 e. The number of nitro benzene ring substituents is 1. The van der Waals surface area contributed by atoms with Gasteiger partial charge in [0.2, 0.25) is 0 Å². The molecule has 1 rings (SSSR count). The summed E-state index contributed by atoms with van der Waals surface area (Å²) in [4.78, 5) is 20.9. The highest BCUT2D eigenvalue weighted by Gasteiger charge is 2.17. The molecule has 1 atom stereocenters. The van der Waals surface area contributed by atoms with E-state index in [9.17, 15) is 14.9 Å². The first-order valence-electron chi connectivity index (χ1n) is 5.07. The molecular formula is C11H12ClNO4. The SMILES string of the molecule is CC(CCc1cc(Cl)ccc1[N+](=O)[O-])C(=O)O. The van der Waals surface area contributed by atoms with Crippen LogP contribution in [-0.4, -0.2) is 16.0 Å². The number of carbonyl (C=O) groups is 1. The van der Waals surface area contributed by atoms with E-state index < -0.39 is 16.8 Å². The molecule has 0 heterocycles. The second-order valence-corrected chi connectivity index (χ2v) is 4.24. The van der Waals surface area contributed by atoms with Crippen molar-refractivity contribution in [2.45, 2.75) is 19.8 Å². The Bertz CT molecular complexity index is 447. The molecule has 0 aliphatic heterocycles. The first-order valence-corrected chi connectivity index (χ1v) is 5.45. The van der Waals surface area contributed by atoms with Gasteiger partial charge in [0.25, 0.3) is 5.69 Å². The number of carboxylic acid groups (broad SMARTS) is 1. The van der Waals surface area contributed by atoms with Gasteiger partial charge >= 0.3 is 5.97 Å². The molecule has 0 saturated heterocycles. The fraction of sp³-hybridized carbons (Fsp3) is 0.364. The van der Waals surface area contributed by atoms with Gasteiger partial charge in [-0.05, 0) is 25.0 Å². The molecule has 1 aromatic rings. The Kier molecular flexibility index (Phi) is 4.45. The Balaban J connectivity index is 2.85. The zero-order valence-electron chi connectivity index (χ0n) is 9.22. The van der Waals surface area contributed by atoms with E-state index in [1.54, 1.807) is 6.92 Å². The molecule has 1 unspecified atom stereocenters. The van der Waals surface area contributed by atoms with Gasteiger partial charge in [0, 0.05) is 16.7 Å². The summed E-state index contributed by atoms with van der Waals surface area (Å²) in [6.07, 6.45) is 0.668. The van der Waals surface area contributed by atoms with Gasteiger partial charge in [-0.25, -0.2) is 0 Å². The second-order valence-electron chi connectivity index (χ2n) is 3.81. The van der Waals surface area contributed by atoms with Gasteiger partial charge in [0.1, 0.15) is 0 Å². The first-order chi connectivity index (χ1) is 7.91. The normalized spacial score (nSPS) is 12.1. The van der Waals surface area contributed by atoms with Gasteiger partial charge in [0.15, 0.2) is 0 Å². The lowest BCUT2D eigenvalue weighted by Gasteiger charge is -2.06. The molecule has 6 heteroatoms. The summed E-state index contributed by atoms with van der Waals surface area (Å²) < 4.78 is 0. The number of halogens is 1. The van der Waals surface area contributed by atoms with E-state index in [2.05, 4.69) is 0 Å². The number of hydrogen-bond acceptors (Lipinski definition) is 3. The van der Waals surface area contributed by atoms with E-state index in [1.165, 1.54) is 18.2 Å². The van der Waals surface area contributed by atoms with E-state index in [-0.39, 0.29) is 5.69 Å². The number of nitrogens with zero attached hydrogens (tertiary/aromatic N) is 1. The Labute approximate surface area is 103 Å². The van der Waals surface area contributed by atoms with E-state index in [1.807, 2.05) is 0 Å². The number of aliphatic carboxylic acids is 1. The number of nitro groups is 1. The largest absolute Gasteiger partial charge is 0.481 e. The smallest absolute Gasteiger partial charge is 0.306 e. The highest BCUT2D eigenvalue weighted by atomic mass is 35.5. The third-order valence-electron chi connectivity index (χ3n) is 2.51. The van der Waals surface area contributed by atoms with Crippen molar-refractivity contribution in [2.75, 3.05) is 0 Å². The lowest BCUT2D eigenvalue weighted by molar-refractivity contribution is -0.385. The highest BCUT2D eigenvalue weighted by Crippen LogP contribution is 2.24. The molecule has 0 aliphatic carbocycles. The summed E-state index contributed by atoms with van der Waals surface area (Å²) in [6.45, 7) is 1.57. The van der Waals surface area contributed by atoms with Crippen LogP contribution in [0, 0.1) is 16.0 Å². The van der Waals surface area contributed by atoms with Crippen molar-refractivity contribution in [3.8, 4) is 0 Å². The summed E-state index contributed by atoms with van der Waals surface area (Å²) >= 11 is 5.76. The predicted octanol–water partition coefficient (Wildman–Crippen LogP) is 2.90. The molecule has 1 aromatic carbocycles. The number of benzene rings is 1. The fourth-order valence-corrected chi connectivity index (χ4v) is 1.62. The lowest BCUT2D eigenvalue weighted by atomic mass is 10.0. The molecule has 0 saturated carbocycles. The molecule has 0 spiro atoms. The van der Waals surface area contributed by atoms with Crippen molar-refractivity contribution in [1.29, 1.82) is 0 Å². The summed E-state index contributed by atoms with van der Waals surface area (Å²) in [7, 11) is 0. The molecule has 17 heavy (non-hydrogen) atoms. The second kappa shape index (κ2) is 5.63. The number of rotatable bonds is 5. The van der Waals surface area contributed by atoms with E-state index in [0.717, 1.165) is 0 Å². The molecule has 0 amide bonds. The Morgan fingerprint density at radius 3 is 2.76 bits per heavy atom. The van der Waals surface area contributed by atoms with Gasteiger partial charge in [0.05, 0.1) is 10.8 Å². The van der Waals surface area contributed by atoms with Crippen LogP contribution in [0.15, 0.2) is 18.2 Å². The van der Waals surface area contributed by atoms with Gasteiger partial charge < -0.3 is 5.11 Å². The molecule has 1 N–H and O–H groups in total. The van der Waals surface area contributed by atoms with Gasteiger partial charge in [-0.2, -0.15) is 0 Å². The van der Waals surface area contributed by atoms with Crippen LogP contribution in [0.3, 0.4) is 0 Å². The maximum atomic E-state index is 10.8. The van der Waals surface area contributed by atoms with Crippen LogP contribution in [0.2, 0.25) is 5.02 Å². The van der Waals surface area contributed by atoms with Crippen molar-refractivity contribution in [2.24, 2.45) is 5.92 Å². The maximum absolute atomic E-state index is 10.8. The van der Waals surface area contributed by atoms with Crippen molar-refractivity contribution in [1.82, 2.24) is 0 Å². The Morgan fingerprint density at radius 2 is 2.24 bits per heavy atom. The van der Waals surface area contributed by atoms with Crippen molar-refractivity contribution in [3.63, 3.8) is 0 Å². The van der Waals surface area contributed by atoms with Crippen molar-refractivity contribution in [3.05, 3.63) is 38.9 Å². The number of hydrogen-bond donors (Lipinski definition) is 1. The number of aryl methyl sites for hydroxylation is 1. The van der Waals surface area contributed by atoms with Gasteiger partial charge in [-0.3, -0.25) is 14.9 Å². The van der Waals surface area contributed by atoms with Crippen LogP contribution < -0.4 is 0 Å². The zero-order chi connectivity index (χ0) is 13.0. The zero-order valence-corrected chi connectivity index (χ0v) is 9.98. The van der Waals surface area contributed by atoms with Crippen LogP contribution >= 0.6 is 11.6 Å². The summed E-state index contributed by atoms with van der Waals surface area (Å²) in [5, 5.41) is 19.9. The van der Waals surface area contributed by atoms with E-state index in [4.69, 9.17) is 16.7 Å². The average Bonchev–Trinajstić information content (AvgIpc) is 2.25. The van der Waals surface area contributed by atoms with Crippen LogP contribution in [0.1, 0.15) is 18.9 Å². The van der Waals surface area contributed by atoms with Crippen LogP contribution in [0.25, 0.3) is 0 Å². The van der Waals surface area contributed by atoms with E-state index in [0.29, 0.717) is 23.4 Å². The van der Waals surface area contributed by atoms with Crippen LogP contribution in [0.5, 0.6) is 0 Å². The minimum atomic E-state index is -0.908. The van der Waals surface area contributed by atoms with Crippen LogP contribution in [0.4, 0.5) is 5.69 Å². The summed E-state index contributed by atoms with van der Waals surface area (Å²) in [5.41, 5.74) is 0.447. The molecule has 0 bridgehead atoms. The van der Waals surface area contributed by atoms with Crippen molar-refractivity contribution < 1.29 is 14.8 Å². The Morgan fingerprint density at radius 1 is 1.59 bits per heavy atom. The third-order valence-corrected chi connectivity index (χ3v) is 2.74. The summed E-state index contributed by atoms with van der Waals surface area (Å²) in [6, 6.07) is 4.29. The molecule has 0 aliphatic rings. The molecule has 0 radical (unpaired) electrons. The molecule has 5 nitrogen and oxygen atoms in total. The Hall–Kier alpha value is -1.62. The fourth-order valence-electron chi connectivity index (χ4n) is 1.43. The van der Waals surface area contributed by atoms with Gasteiger partial charge in [-0.15, -0.1) is 0 Å². The molecule has 0 fully saturated rings. The predicted molar refractivity (Wildman–Crippen MR) is 63.2 cm³/mol. The quantitative estimate of drug-likeness (QED) is 0.650. The van der Waals surface area contributed by atoms with Crippen molar-refractivity contribution >= 4 is 23.3 Å². The standard InChI is InChI=1S/C11H12ClNO4/c1-7(11(14)15)2-3-8-6-9(12)4-5-10(8)13(16)17/h4-7H,2-3H2,1H3,(H,14,15). The molecule has 0 aromatic heterocycles.